The van der Waals surface area contributed by atoms with Crippen molar-refractivity contribution in [3.05, 3.63) is 71.7 Å². The van der Waals surface area contributed by atoms with Gasteiger partial charge in [0.05, 0.1) is 6.42 Å². The van der Waals surface area contributed by atoms with E-state index in [2.05, 4.69) is 10.4 Å². The third-order valence-corrected chi connectivity index (χ3v) is 4.04. The van der Waals surface area contributed by atoms with Gasteiger partial charge in [0.2, 0.25) is 5.91 Å². The molecule has 1 aromatic heterocycles. The van der Waals surface area contributed by atoms with E-state index in [-0.39, 0.29) is 29.4 Å². The fourth-order valence-corrected chi connectivity index (χ4v) is 2.80. The molecule has 3 rings (SSSR count). The maximum absolute atomic E-state index is 13.2. The molecule has 7 heteroatoms. The number of rotatable bonds is 6. The minimum absolute atomic E-state index is 0.0973. The summed E-state index contributed by atoms with van der Waals surface area (Å²) in [5.41, 5.74) is 1.60. The first-order chi connectivity index (χ1) is 13.0. The lowest BCUT2D eigenvalue weighted by molar-refractivity contribution is -0.115. The molecule has 0 aliphatic carbocycles. The first-order valence-electron chi connectivity index (χ1n) is 8.43. The minimum Gasteiger partial charge on any atom is -0.476 e. The summed E-state index contributed by atoms with van der Waals surface area (Å²) in [5.74, 6) is -1.97. The van der Waals surface area contributed by atoms with Crippen LogP contribution in [0, 0.1) is 5.82 Å². The van der Waals surface area contributed by atoms with Gasteiger partial charge in [-0.15, -0.1) is 0 Å². The highest BCUT2D eigenvalue weighted by Crippen LogP contribution is 2.31. The number of benzene rings is 2. The highest BCUT2D eigenvalue weighted by molar-refractivity contribution is 6.04. The molecular formula is C20H18FN3O3. The lowest BCUT2D eigenvalue weighted by Crippen LogP contribution is -2.18. The van der Waals surface area contributed by atoms with Crippen molar-refractivity contribution in [2.45, 2.75) is 19.9 Å². The number of hydrogen-bond acceptors (Lipinski definition) is 3. The SMILES string of the molecule is CCn1nc(-c2ccc(F)cc2)c(NC(=O)Cc2ccccc2)c1C(=O)O. The number of carboxylic acid groups (broad SMARTS) is 1. The lowest BCUT2D eigenvalue weighted by atomic mass is 10.1. The molecule has 1 amide bonds. The Bertz CT molecular complexity index is 966. The van der Waals surface area contributed by atoms with Gasteiger partial charge in [0.15, 0.2) is 5.69 Å². The molecular weight excluding hydrogens is 349 g/mol. The fourth-order valence-electron chi connectivity index (χ4n) is 2.80. The molecule has 1 heterocycles. The summed E-state index contributed by atoms with van der Waals surface area (Å²) in [7, 11) is 0. The predicted molar refractivity (Wildman–Crippen MR) is 99.0 cm³/mol. The number of carbonyl (C=O) groups excluding carboxylic acids is 1. The van der Waals surface area contributed by atoms with Gasteiger partial charge < -0.3 is 10.4 Å². The molecule has 0 aliphatic heterocycles. The van der Waals surface area contributed by atoms with Crippen LogP contribution in [-0.4, -0.2) is 26.8 Å². The average Bonchev–Trinajstić information content (AvgIpc) is 3.01. The molecule has 0 bridgehead atoms. The number of amides is 1. The van der Waals surface area contributed by atoms with Crippen LogP contribution in [-0.2, 0) is 17.8 Å². The minimum atomic E-state index is -1.20. The standard InChI is InChI=1S/C20H18FN3O3/c1-2-24-19(20(26)27)18(17(23-24)14-8-10-15(21)11-9-14)22-16(25)12-13-6-4-3-5-7-13/h3-11H,2,12H2,1H3,(H,22,25)(H,26,27). The van der Waals surface area contributed by atoms with E-state index < -0.39 is 11.8 Å². The van der Waals surface area contributed by atoms with Crippen LogP contribution < -0.4 is 5.32 Å². The van der Waals surface area contributed by atoms with Crippen LogP contribution in [0.2, 0.25) is 0 Å². The second kappa shape index (κ2) is 7.82. The third-order valence-electron chi connectivity index (χ3n) is 4.04. The van der Waals surface area contributed by atoms with E-state index in [0.29, 0.717) is 12.1 Å². The summed E-state index contributed by atoms with van der Waals surface area (Å²) in [5, 5.41) is 16.6. The van der Waals surface area contributed by atoms with E-state index in [0.717, 1.165) is 5.56 Å². The van der Waals surface area contributed by atoms with E-state index in [1.54, 1.807) is 6.92 Å². The van der Waals surface area contributed by atoms with Gasteiger partial charge in [-0.25, -0.2) is 9.18 Å². The van der Waals surface area contributed by atoms with E-state index >= 15 is 0 Å². The van der Waals surface area contributed by atoms with Crippen molar-refractivity contribution < 1.29 is 19.1 Å². The molecule has 0 saturated heterocycles. The predicted octanol–water partition coefficient (Wildman–Crippen LogP) is 3.59. The van der Waals surface area contributed by atoms with Crippen LogP contribution >= 0.6 is 0 Å². The molecule has 2 N–H and O–H groups in total. The van der Waals surface area contributed by atoms with Gasteiger partial charge in [-0.2, -0.15) is 5.10 Å². The molecule has 0 fully saturated rings. The van der Waals surface area contributed by atoms with E-state index in [4.69, 9.17) is 0 Å². The van der Waals surface area contributed by atoms with Crippen molar-refractivity contribution in [2.24, 2.45) is 0 Å². The number of aromatic nitrogens is 2. The second-order valence-corrected chi connectivity index (χ2v) is 5.91. The van der Waals surface area contributed by atoms with Crippen LogP contribution in [0.3, 0.4) is 0 Å². The Balaban J connectivity index is 2.00. The van der Waals surface area contributed by atoms with Crippen molar-refractivity contribution in [1.29, 1.82) is 0 Å². The maximum Gasteiger partial charge on any atom is 0.356 e. The monoisotopic (exact) mass is 367 g/mol. The molecule has 2 aromatic carbocycles. The molecule has 27 heavy (non-hydrogen) atoms. The summed E-state index contributed by atoms with van der Waals surface area (Å²) >= 11 is 0. The summed E-state index contributed by atoms with van der Waals surface area (Å²) in [6.45, 7) is 2.06. The van der Waals surface area contributed by atoms with Crippen molar-refractivity contribution >= 4 is 17.6 Å². The van der Waals surface area contributed by atoms with Crippen molar-refractivity contribution in [3.8, 4) is 11.3 Å². The van der Waals surface area contributed by atoms with E-state index in [1.807, 2.05) is 30.3 Å². The molecule has 0 atom stereocenters. The third kappa shape index (κ3) is 4.03. The zero-order chi connectivity index (χ0) is 19.4. The van der Waals surface area contributed by atoms with Gasteiger partial charge in [-0.1, -0.05) is 30.3 Å². The quantitative estimate of drug-likeness (QED) is 0.697. The number of aromatic carboxylic acids is 1. The Labute approximate surface area is 155 Å². The van der Waals surface area contributed by atoms with Gasteiger partial charge in [0, 0.05) is 12.1 Å². The Morgan fingerprint density at radius 3 is 2.37 bits per heavy atom. The summed E-state index contributed by atoms with van der Waals surface area (Å²) in [6.07, 6.45) is 0.0973. The second-order valence-electron chi connectivity index (χ2n) is 5.91. The van der Waals surface area contributed by atoms with Gasteiger partial charge in [0.1, 0.15) is 17.2 Å². The molecule has 6 nitrogen and oxygen atoms in total. The number of carbonyl (C=O) groups is 2. The number of aryl methyl sites for hydroxylation is 1. The fraction of sp³-hybridized carbons (Fsp3) is 0.150. The largest absolute Gasteiger partial charge is 0.476 e. The van der Waals surface area contributed by atoms with Gasteiger partial charge in [-0.3, -0.25) is 9.48 Å². The maximum atomic E-state index is 13.2. The first-order valence-corrected chi connectivity index (χ1v) is 8.43. The Hall–Kier alpha value is -3.48. The van der Waals surface area contributed by atoms with Crippen molar-refractivity contribution in [1.82, 2.24) is 9.78 Å². The van der Waals surface area contributed by atoms with Crippen LogP contribution in [0.15, 0.2) is 54.6 Å². The number of halogens is 1. The van der Waals surface area contributed by atoms with Crippen LogP contribution in [0.5, 0.6) is 0 Å². The lowest BCUT2D eigenvalue weighted by Gasteiger charge is -2.08. The Morgan fingerprint density at radius 1 is 1.11 bits per heavy atom. The average molecular weight is 367 g/mol. The molecule has 0 unspecified atom stereocenters. The van der Waals surface area contributed by atoms with E-state index in [9.17, 15) is 19.1 Å². The summed E-state index contributed by atoms with van der Waals surface area (Å²) < 4.78 is 14.5. The number of nitrogens with one attached hydrogen (secondary N) is 1. The molecule has 0 saturated carbocycles. The molecule has 138 valence electrons. The van der Waals surface area contributed by atoms with Crippen LogP contribution in [0.1, 0.15) is 23.0 Å². The van der Waals surface area contributed by atoms with Gasteiger partial charge in [-0.05, 0) is 36.8 Å². The number of nitrogens with zero attached hydrogens (tertiary/aromatic N) is 2. The highest BCUT2D eigenvalue weighted by Gasteiger charge is 2.25. The van der Waals surface area contributed by atoms with Gasteiger partial charge in [0.25, 0.3) is 0 Å². The van der Waals surface area contributed by atoms with E-state index in [1.165, 1.54) is 28.9 Å². The molecule has 0 spiro atoms. The number of anilines is 1. The van der Waals surface area contributed by atoms with Gasteiger partial charge >= 0.3 is 5.97 Å². The van der Waals surface area contributed by atoms with Crippen molar-refractivity contribution in [2.75, 3.05) is 5.32 Å². The zero-order valence-corrected chi connectivity index (χ0v) is 14.6. The smallest absolute Gasteiger partial charge is 0.356 e. The topological polar surface area (TPSA) is 84.2 Å². The number of carboxylic acids is 1. The molecule has 3 aromatic rings. The number of hydrogen-bond donors (Lipinski definition) is 2. The summed E-state index contributed by atoms with van der Waals surface area (Å²) in [4.78, 5) is 24.3. The highest BCUT2D eigenvalue weighted by atomic mass is 19.1. The first kappa shape index (κ1) is 18.3. The normalized spacial score (nSPS) is 10.6. The van der Waals surface area contributed by atoms with Crippen molar-refractivity contribution in [3.63, 3.8) is 0 Å². The zero-order valence-electron chi connectivity index (χ0n) is 14.6. The Morgan fingerprint density at radius 2 is 1.78 bits per heavy atom. The Kier molecular flexibility index (Phi) is 5.30. The van der Waals surface area contributed by atoms with Crippen LogP contribution in [0.4, 0.5) is 10.1 Å². The molecule has 0 radical (unpaired) electrons. The molecule has 0 aliphatic rings. The van der Waals surface area contributed by atoms with Crippen LogP contribution in [0.25, 0.3) is 11.3 Å². The summed E-state index contributed by atoms with van der Waals surface area (Å²) in [6, 6.07) is 14.6.